The Morgan fingerprint density at radius 1 is 1.19 bits per heavy atom. The van der Waals surface area contributed by atoms with E-state index in [0.29, 0.717) is 19.0 Å². The van der Waals surface area contributed by atoms with Crippen molar-refractivity contribution in [2.75, 3.05) is 18.9 Å². The highest BCUT2D eigenvalue weighted by Crippen LogP contribution is 2.42. The van der Waals surface area contributed by atoms with Crippen molar-refractivity contribution in [3.8, 4) is 22.6 Å². The molecular weight excluding hydrogens is 268 g/mol. The average molecular weight is 288 g/mol. The number of anilines is 1. The van der Waals surface area contributed by atoms with E-state index in [4.69, 9.17) is 19.7 Å². The highest BCUT2D eigenvalue weighted by Gasteiger charge is 2.30. The molecule has 0 unspecified atom stereocenters. The van der Waals surface area contributed by atoms with E-state index in [-0.39, 0.29) is 5.41 Å². The molecule has 5 heteroatoms. The molecule has 21 heavy (non-hydrogen) atoms. The van der Waals surface area contributed by atoms with Crippen LogP contribution in [0.5, 0.6) is 11.5 Å². The quantitative estimate of drug-likeness (QED) is 0.937. The van der Waals surface area contributed by atoms with Crippen LogP contribution in [0.4, 0.5) is 5.82 Å². The topological polar surface area (TPSA) is 70.5 Å². The van der Waals surface area contributed by atoms with Crippen LogP contribution in [0.15, 0.2) is 22.7 Å². The Hall–Kier alpha value is -2.17. The zero-order valence-electron chi connectivity index (χ0n) is 12.6. The molecule has 1 aliphatic rings. The van der Waals surface area contributed by atoms with Crippen molar-refractivity contribution in [3.63, 3.8) is 0 Å². The van der Waals surface area contributed by atoms with Gasteiger partial charge < -0.3 is 19.7 Å². The molecule has 1 aromatic heterocycles. The summed E-state index contributed by atoms with van der Waals surface area (Å²) in [4.78, 5) is 0. The number of hydrogen-bond donors (Lipinski definition) is 1. The largest absolute Gasteiger partial charge is 0.486 e. The fourth-order valence-corrected chi connectivity index (χ4v) is 2.40. The van der Waals surface area contributed by atoms with Crippen LogP contribution in [0.3, 0.4) is 0 Å². The molecule has 2 aromatic rings. The molecule has 0 atom stereocenters. The third-order valence-electron chi connectivity index (χ3n) is 4.05. The van der Waals surface area contributed by atoms with Gasteiger partial charge in [0, 0.05) is 5.41 Å². The Balaban J connectivity index is 2.11. The Morgan fingerprint density at radius 2 is 1.90 bits per heavy atom. The Bertz CT molecular complexity index is 662. The molecule has 0 fully saturated rings. The van der Waals surface area contributed by atoms with Gasteiger partial charge in [-0.2, -0.15) is 0 Å². The summed E-state index contributed by atoms with van der Waals surface area (Å²) in [5.41, 5.74) is 7.68. The molecule has 0 spiro atoms. The van der Waals surface area contributed by atoms with Gasteiger partial charge in [-0.3, -0.25) is 0 Å². The Labute approximate surface area is 124 Å². The van der Waals surface area contributed by atoms with Gasteiger partial charge in [-0.1, -0.05) is 32.0 Å². The molecule has 3 rings (SSSR count). The first-order valence-corrected chi connectivity index (χ1v) is 7.18. The van der Waals surface area contributed by atoms with Crippen molar-refractivity contribution in [1.29, 1.82) is 0 Å². The molecule has 0 radical (unpaired) electrons. The fourth-order valence-electron chi connectivity index (χ4n) is 2.40. The molecule has 2 heterocycles. The third kappa shape index (κ3) is 2.33. The third-order valence-corrected chi connectivity index (χ3v) is 4.05. The van der Waals surface area contributed by atoms with Gasteiger partial charge in [-0.25, -0.2) is 0 Å². The predicted molar refractivity (Wildman–Crippen MR) is 80.7 cm³/mol. The Morgan fingerprint density at radius 3 is 2.62 bits per heavy atom. The zero-order chi connectivity index (χ0) is 15.0. The summed E-state index contributed by atoms with van der Waals surface area (Å²) in [6.07, 6.45) is 0.930. The van der Waals surface area contributed by atoms with Crippen molar-refractivity contribution in [2.45, 2.75) is 32.6 Å². The van der Waals surface area contributed by atoms with Gasteiger partial charge in [-0.05, 0) is 24.1 Å². The van der Waals surface area contributed by atoms with Gasteiger partial charge >= 0.3 is 0 Å². The van der Waals surface area contributed by atoms with Crippen LogP contribution in [0.1, 0.15) is 33.0 Å². The minimum Gasteiger partial charge on any atom is -0.486 e. The number of fused-ring (bicyclic) bond motifs is 1. The number of ether oxygens (including phenoxy) is 2. The first-order valence-electron chi connectivity index (χ1n) is 7.18. The lowest BCUT2D eigenvalue weighted by atomic mass is 9.83. The molecule has 0 aliphatic carbocycles. The van der Waals surface area contributed by atoms with Crippen LogP contribution in [0.2, 0.25) is 0 Å². The van der Waals surface area contributed by atoms with Crippen LogP contribution in [-0.4, -0.2) is 18.4 Å². The summed E-state index contributed by atoms with van der Waals surface area (Å²) in [6, 6.07) is 5.80. The number of aromatic nitrogens is 1. The second-order valence-corrected chi connectivity index (χ2v) is 5.87. The van der Waals surface area contributed by atoms with E-state index in [1.165, 1.54) is 0 Å². The van der Waals surface area contributed by atoms with Gasteiger partial charge in [0.05, 0.1) is 5.56 Å². The first-order chi connectivity index (χ1) is 10.0. The van der Waals surface area contributed by atoms with E-state index in [2.05, 4.69) is 25.9 Å². The lowest BCUT2D eigenvalue weighted by Crippen LogP contribution is -2.16. The van der Waals surface area contributed by atoms with Crippen molar-refractivity contribution in [3.05, 3.63) is 24.0 Å². The minimum absolute atomic E-state index is 0.132. The monoisotopic (exact) mass is 288 g/mol. The smallest absolute Gasteiger partial charge is 0.175 e. The highest BCUT2D eigenvalue weighted by atomic mass is 16.6. The minimum atomic E-state index is -0.132. The standard InChI is InChI=1S/C16H20N2O3/c1-4-16(2,3)14-13(15(17)18-21-14)10-5-6-11-12(9-10)20-8-7-19-11/h5-6,9H,4,7-8H2,1-3H3,(H2,17,18). The van der Waals surface area contributed by atoms with Crippen LogP contribution < -0.4 is 15.2 Å². The van der Waals surface area contributed by atoms with Crippen molar-refractivity contribution in [1.82, 2.24) is 5.16 Å². The van der Waals surface area contributed by atoms with E-state index in [1.54, 1.807) is 0 Å². The van der Waals surface area contributed by atoms with E-state index < -0.39 is 0 Å². The van der Waals surface area contributed by atoms with Crippen LogP contribution in [0, 0.1) is 0 Å². The second-order valence-electron chi connectivity index (χ2n) is 5.87. The number of benzene rings is 1. The molecule has 0 saturated heterocycles. The number of nitrogens with two attached hydrogens (primary N) is 1. The maximum atomic E-state index is 6.02. The number of rotatable bonds is 3. The number of nitrogen functional groups attached to an aromatic ring is 1. The molecule has 0 saturated carbocycles. The van der Waals surface area contributed by atoms with Crippen LogP contribution in [-0.2, 0) is 5.41 Å². The van der Waals surface area contributed by atoms with Gasteiger partial charge in [0.25, 0.3) is 0 Å². The van der Waals surface area contributed by atoms with E-state index >= 15 is 0 Å². The maximum absolute atomic E-state index is 6.02. The SMILES string of the molecule is CCC(C)(C)c1onc(N)c1-c1ccc2c(c1)OCCO2. The number of hydrogen-bond acceptors (Lipinski definition) is 5. The van der Waals surface area contributed by atoms with Crippen LogP contribution in [0.25, 0.3) is 11.1 Å². The first kappa shape index (κ1) is 13.8. The summed E-state index contributed by atoms with van der Waals surface area (Å²) in [7, 11) is 0. The molecule has 0 bridgehead atoms. The van der Waals surface area contributed by atoms with Gasteiger partial charge in [0.1, 0.15) is 13.2 Å². The summed E-state index contributed by atoms with van der Waals surface area (Å²) in [5, 5.41) is 3.95. The molecule has 2 N–H and O–H groups in total. The van der Waals surface area contributed by atoms with Crippen LogP contribution >= 0.6 is 0 Å². The molecule has 112 valence electrons. The Kier molecular flexibility index (Phi) is 3.27. The summed E-state index contributed by atoms with van der Waals surface area (Å²) < 4.78 is 16.7. The van der Waals surface area contributed by atoms with E-state index in [0.717, 1.165) is 34.8 Å². The number of nitrogens with zero attached hydrogens (tertiary/aromatic N) is 1. The summed E-state index contributed by atoms with van der Waals surface area (Å²) in [6.45, 7) is 7.49. The molecule has 5 nitrogen and oxygen atoms in total. The van der Waals surface area contributed by atoms with Crippen molar-refractivity contribution < 1.29 is 14.0 Å². The molecule has 1 aromatic carbocycles. The van der Waals surface area contributed by atoms with Crippen molar-refractivity contribution in [2.24, 2.45) is 0 Å². The predicted octanol–water partition coefficient (Wildman–Crippen LogP) is 3.38. The summed E-state index contributed by atoms with van der Waals surface area (Å²) in [5.74, 6) is 2.71. The van der Waals surface area contributed by atoms with Gasteiger partial charge in [0.2, 0.25) is 0 Å². The van der Waals surface area contributed by atoms with Gasteiger partial charge in [-0.15, -0.1) is 0 Å². The second kappa shape index (κ2) is 4.98. The molecule has 0 amide bonds. The molecule has 1 aliphatic heterocycles. The van der Waals surface area contributed by atoms with Crippen molar-refractivity contribution >= 4 is 5.82 Å². The lowest BCUT2D eigenvalue weighted by molar-refractivity contribution is 0.171. The zero-order valence-corrected chi connectivity index (χ0v) is 12.6. The molecular formula is C16H20N2O3. The summed E-state index contributed by atoms with van der Waals surface area (Å²) >= 11 is 0. The maximum Gasteiger partial charge on any atom is 0.175 e. The van der Waals surface area contributed by atoms with Gasteiger partial charge in [0.15, 0.2) is 23.1 Å². The fraction of sp³-hybridized carbons (Fsp3) is 0.438. The average Bonchev–Trinajstić information content (AvgIpc) is 2.89. The normalized spacial score (nSPS) is 14.2. The highest BCUT2D eigenvalue weighted by molar-refractivity contribution is 5.78. The lowest BCUT2D eigenvalue weighted by Gasteiger charge is -2.22. The van der Waals surface area contributed by atoms with E-state index in [9.17, 15) is 0 Å². The van der Waals surface area contributed by atoms with E-state index in [1.807, 2.05) is 18.2 Å².